The number of carbonyl (C=O) groups excluding carboxylic acids is 2. The van der Waals surface area contributed by atoms with Gasteiger partial charge < -0.3 is 0 Å². The highest BCUT2D eigenvalue weighted by atomic mass is 79.9. The number of Topliss-reactive ketones (excluding diaryl/α,β-unsaturated/α-hetero) is 1. The van der Waals surface area contributed by atoms with Gasteiger partial charge in [0, 0.05) is 5.56 Å². The number of hydrogen-bond donors (Lipinski definition) is 0. The van der Waals surface area contributed by atoms with E-state index < -0.39 is 4.32 Å². The normalized spacial score (nSPS) is 28.1. The maximum atomic E-state index is 12.3. The second-order valence-electron chi connectivity index (χ2n) is 4.87. The predicted molar refractivity (Wildman–Crippen MR) is 94.9 cm³/mol. The van der Waals surface area contributed by atoms with Gasteiger partial charge in [-0.3, -0.25) is 9.59 Å². The average Bonchev–Trinajstić information content (AvgIpc) is 2.49. The van der Waals surface area contributed by atoms with Crippen molar-refractivity contribution in [2.75, 3.05) is 0 Å². The van der Waals surface area contributed by atoms with Crippen LogP contribution in [0.3, 0.4) is 0 Å². The van der Waals surface area contributed by atoms with Crippen LogP contribution >= 0.6 is 47.8 Å². The number of aliphatic imine (C=N–C) groups is 1. The minimum Gasteiger partial charge on any atom is -0.292 e. The molecular formula is C15H12Br3NO2. The minimum absolute atomic E-state index is 0.0759. The highest BCUT2D eigenvalue weighted by Crippen LogP contribution is 2.40. The molecule has 1 aromatic carbocycles. The summed E-state index contributed by atoms with van der Waals surface area (Å²) in [5.74, 6) is -0.402. The molecule has 110 valence electrons. The predicted octanol–water partition coefficient (Wildman–Crippen LogP) is 4.44. The number of allylic oxidation sites excluding steroid dienone is 2. The number of carbonyl (C=O) groups is 2. The molecule has 0 N–H and O–H groups in total. The van der Waals surface area contributed by atoms with Crippen LogP contribution in [0.25, 0.3) is 0 Å². The van der Waals surface area contributed by atoms with Crippen molar-refractivity contribution in [3.63, 3.8) is 0 Å². The van der Waals surface area contributed by atoms with E-state index in [1.807, 2.05) is 6.07 Å². The molecule has 0 fully saturated rings. The molecule has 0 spiro atoms. The van der Waals surface area contributed by atoms with Crippen LogP contribution in [-0.4, -0.2) is 26.6 Å². The first-order valence-electron chi connectivity index (χ1n) is 6.19. The van der Waals surface area contributed by atoms with Crippen LogP contribution in [0.4, 0.5) is 0 Å². The van der Waals surface area contributed by atoms with Gasteiger partial charge in [-0.25, -0.2) is 4.99 Å². The van der Waals surface area contributed by atoms with Gasteiger partial charge in [-0.05, 0) is 47.5 Å². The van der Waals surface area contributed by atoms with E-state index in [1.54, 1.807) is 38.1 Å². The third-order valence-corrected chi connectivity index (χ3v) is 7.05. The zero-order valence-corrected chi connectivity index (χ0v) is 16.1. The summed E-state index contributed by atoms with van der Waals surface area (Å²) >= 11 is 10.2. The van der Waals surface area contributed by atoms with Crippen LogP contribution in [-0.2, 0) is 4.79 Å². The first-order valence-corrected chi connectivity index (χ1v) is 8.69. The van der Waals surface area contributed by atoms with Gasteiger partial charge in [-0.2, -0.15) is 0 Å². The largest absolute Gasteiger partial charge is 0.292 e. The highest BCUT2D eigenvalue weighted by Gasteiger charge is 2.46. The van der Waals surface area contributed by atoms with Gasteiger partial charge in [0.25, 0.3) is 5.91 Å². The van der Waals surface area contributed by atoms with E-state index >= 15 is 0 Å². The summed E-state index contributed by atoms with van der Waals surface area (Å²) in [5.41, 5.74) is 1.74. The molecule has 1 amide bonds. The van der Waals surface area contributed by atoms with Crippen molar-refractivity contribution in [1.82, 2.24) is 0 Å². The summed E-state index contributed by atoms with van der Waals surface area (Å²) in [5, 5.41) is 0. The number of ketones is 1. The molecule has 0 unspecified atom stereocenters. The zero-order chi connectivity index (χ0) is 15.8. The van der Waals surface area contributed by atoms with Crippen molar-refractivity contribution in [3.8, 4) is 0 Å². The molecule has 0 heterocycles. The molecule has 1 aliphatic carbocycles. The first-order chi connectivity index (χ1) is 9.76. The first kappa shape index (κ1) is 16.8. The maximum absolute atomic E-state index is 12.3. The SMILES string of the molecule is CC1=C(Br)C(=O)[C@@](C)(Br)[C@H](Br)C1=NC(=O)c1ccccc1. The Bertz CT molecular complexity index is 663. The summed E-state index contributed by atoms with van der Waals surface area (Å²) in [7, 11) is 0. The molecule has 0 aliphatic heterocycles. The number of amides is 1. The van der Waals surface area contributed by atoms with Crippen LogP contribution in [0.1, 0.15) is 24.2 Å². The van der Waals surface area contributed by atoms with E-state index in [1.165, 1.54) is 0 Å². The van der Waals surface area contributed by atoms with Crippen LogP contribution in [0.15, 0.2) is 45.4 Å². The van der Waals surface area contributed by atoms with E-state index in [9.17, 15) is 9.59 Å². The lowest BCUT2D eigenvalue weighted by atomic mass is 9.88. The molecule has 2 rings (SSSR count). The van der Waals surface area contributed by atoms with E-state index in [2.05, 4.69) is 52.8 Å². The molecule has 1 aliphatic rings. The highest BCUT2D eigenvalue weighted by molar-refractivity contribution is 9.13. The molecule has 0 bridgehead atoms. The molecule has 1 aromatic rings. The van der Waals surface area contributed by atoms with Crippen molar-refractivity contribution >= 4 is 65.2 Å². The number of halogens is 3. The number of rotatable bonds is 1. The summed E-state index contributed by atoms with van der Waals surface area (Å²) < 4.78 is -0.404. The lowest BCUT2D eigenvalue weighted by Crippen LogP contribution is -2.47. The van der Waals surface area contributed by atoms with Gasteiger partial charge >= 0.3 is 0 Å². The minimum atomic E-state index is -0.846. The lowest BCUT2D eigenvalue weighted by Gasteiger charge is -2.33. The topological polar surface area (TPSA) is 46.5 Å². The third kappa shape index (κ3) is 3.12. The van der Waals surface area contributed by atoms with Crippen LogP contribution in [0.2, 0.25) is 0 Å². The molecule has 21 heavy (non-hydrogen) atoms. The monoisotopic (exact) mass is 475 g/mol. The Kier molecular flexibility index (Phi) is 5.00. The fourth-order valence-corrected chi connectivity index (χ4v) is 3.90. The molecular weight excluding hydrogens is 466 g/mol. The van der Waals surface area contributed by atoms with Gasteiger partial charge in [0.05, 0.1) is 15.0 Å². The van der Waals surface area contributed by atoms with Crippen molar-refractivity contribution in [2.45, 2.75) is 23.0 Å². The average molecular weight is 478 g/mol. The fourth-order valence-electron chi connectivity index (χ4n) is 1.95. The van der Waals surface area contributed by atoms with Crippen molar-refractivity contribution in [1.29, 1.82) is 0 Å². The molecule has 0 saturated heterocycles. The number of alkyl halides is 2. The van der Waals surface area contributed by atoms with Gasteiger partial charge in [-0.1, -0.05) is 50.1 Å². The standard InChI is InChI=1S/C15H12Br3NO2/c1-8-10(16)13(20)15(2,18)12(17)11(8)19-14(21)9-6-4-3-5-7-9/h3-7,12H,1-2H3/t12-,15+/m1/s1. The smallest absolute Gasteiger partial charge is 0.277 e. The van der Waals surface area contributed by atoms with Crippen molar-refractivity contribution in [2.24, 2.45) is 4.99 Å². The van der Waals surface area contributed by atoms with Crippen molar-refractivity contribution < 1.29 is 9.59 Å². The van der Waals surface area contributed by atoms with E-state index in [0.29, 0.717) is 21.3 Å². The fraction of sp³-hybridized carbons (Fsp3) is 0.267. The zero-order valence-electron chi connectivity index (χ0n) is 11.4. The van der Waals surface area contributed by atoms with Crippen LogP contribution in [0, 0.1) is 0 Å². The number of hydrogen-bond acceptors (Lipinski definition) is 2. The summed E-state index contributed by atoms with van der Waals surface area (Å²) in [6, 6.07) is 8.84. The Balaban J connectivity index is 2.49. The Hall–Kier alpha value is -0.590. The quantitative estimate of drug-likeness (QED) is 0.561. The summed E-state index contributed by atoms with van der Waals surface area (Å²) in [6.07, 6.45) is 0. The van der Waals surface area contributed by atoms with Gasteiger partial charge in [0.15, 0.2) is 5.78 Å². The molecule has 0 radical (unpaired) electrons. The van der Waals surface area contributed by atoms with Crippen LogP contribution < -0.4 is 0 Å². The van der Waals surface area contributed by atoms with Gasteiger partial charge in [-0.15, -0.1) is 0 Å². The second kappa shape index (κ2) is 6.26. The molecule has 0 aromatic heterocycles. The molecule has 3 nitrogen and oxygen atoms in total. The molecule has 0 saturated carbocycles. The molecule has 2 atom stereocenters. The Morgan fingerprint density at radius 2 is 1.86 bits per heavy atom. The summed E-state index contributed by atoms with van der Waals surface area (Å²) in [6.45, 7) is 3.53. The van der Waals surface area contributed by atoms with Gasteiger partial charge in [0.2, 0.25) is 0 Å². The van der Waals surface area contributed by atoms with E-state index in [4.69, 9.17) is 0 Å². The lowest BCUT2D eigenvalue weighted by molar-refractivity contribution is -0.116. The Labute approximate surface area is 148 Å². The van der Waals surface area contributed by atoms with Crippen LogP contribution in [0.5, 0.6) is 0 Å². The second-order valence-corrected chi connectivity index (χ2v) is 8.23. The Morgan fingerprint density at radius 3 is 2.43 bits per heavy atom. The molecule has 6 heteroatoms. The van der Waals surface area contributed by atoms with Crippen molar-refractivity contribution in [3.05, 3.63) is 46.0 Å². The van der Waals surface area contributed by atoms with E-state index in [-0.39, 0.29) is 16.5 Å². The maximum Gasteiger partial charge on any atom is 0.277 e. The summed E-state index contributed by atoms with van der Waals surface area (Å²) in [4.78, 5) is 28.3. The third-order valence-electron chi connectivity index (χ3n) is 3.32. The number of benzene rings is 1. The number of nitrogens with zero attached hydrogens (tertiary/aromatic N) is 1. The van der Waals surface area contributed by atoms with Gasteiger partial charge in [0.1, 0.15) is 4.32 Å². The van der Waals surface area contributed by atoms with E-state index in [0.717, 1.165) is 0 Å². The Morgan fingerprint density at radius 1 is 1.29 bits per heavy atom.